The van der Waals surface area contributed by atoms with E-state index in [2.05, 4.69) is 11.0 Å². The topological polar surface area (TPSA) is 65.1 Å². The molecule has 1 N–H and O–H groups in total. The number of halogens is 3. The van der Waals surface area contributed by atoms with Crippen molar-refractivity contribution in [3.8, 4) is 0 Å². The molecule has 3 aliphatic heterocycles. The minimum atomic E-state index is -4.40. The van der Waals surface area contributed by atoms with Gasteiger partial charge in [0.2, 0.25) is 0 Å². The van der Waals surface area contributed by atoms with Crippen molar-refractivity contribution in [1.82, 2.24) is 20.0 Å². The predicted molar refractivity (Wildman–Crippen MR) is 108 cm³/mol. The Balaban J connectivity index is 1.27. The summed E-state index contributed by atoms with van der Waals surface area (Å²) in [6, 6.07) is -0.211. The second-order valence-electron chi connectivity index (χ2n) is 9.35. The Kier molecular flexibility index (Phi) is 6.11. The molecule has 4 rings (SSSR count). The fourth-order valence-electron chi connectivity index (χ4n) is 5.76. The van der Waals surface area contributed by atoms with E-state index in [9.17, 15) is 22.8 Å². The largest absolute Gasteiger partial charge is 0.453 e. The molecule has 4 aliphatic rings. The summed E-state index contributed by atoms with van der Waals surface area (Å²) in [4.78, 5) is 29.8. The zero-order chi connectivity index (χ0) is 22.2. The SMILES string of the molecule is COC(=O)N1CCC2(CC(N3CC=C([C@@H]4CCCN4C(=O)NCC(F)(F)F)CC3)C2)C1. The number of methoxy groups -OCH3 is 1. The highest BCUT2D eigenvalue weighted by molar-refractivity contribution is 5.75. The van der Waals surface area contributed by atoms with Gasteiger partial charge < -0.3 is 19.9 Å². The van der Waals surface area contributed by atoms with Crippen LogP contribution >= 0.6 is 0 Å². The molecule has 0 bridgehead atoms. The van der Waals surface area contributed by atoms with Gasteiger partial charge in [-0.05, 0) is 49.5 Å². The molecule has 3 amide bonds. The third-order valence-electron chi connectivity index (χ3n) is 7.38. The second-order valence-corrected chi connectivity index (χ2v) is 9.35. The minimum absolute atomic E-state index is 0.0911. The molecule has 1 saturated carbocycles. The fraction of sp³-hybridized carbons (Fsp3) is 0.810. The van der Waals surface area contributed by atoms with Gasteiger partial charge in [-0.3, -0.25) is 4.90 Å². The van der Waals surface area contributed by atoms with Crippen LogP contribution in [0, 0.1) is 5.41 Å². The number of urea groups is 1. The first-order chi connectivity index (χ1) is 14.7. The Hall–Kier alpha value is -1.97. The molecule has 174 valence electrons. The number of nitrogens with zero attached hydrogens (tertiary/aromatic N) is 3. The number of carbonyl (C=O) groups is 2. The van der Waals surface area contributed by atoms with Gasteiger partial charge in [-0.15, -0.1) is 0 Å². The van der Waals surface area contributed by atoms with Crippen molar-refractivity contribution < 1.29 is 27.5 Å². The van der Waals surface area contributed by atoms with Gasteiger partial charge >= 0.3 is 18.3 Å². The van der Waals surface area contributed by atoms with E-state index in [1.165, 1.54) is 12.7 Å². The maximum Gasteiger partial charge on any atom is 0.409 e. The normalized spacial score (nSPS) is 31.5. The smallest absolute Gasteiger partial charge is 0.409 e. The molecule has 7 nitrogen and oxygen atoms in total. The first-order valence-electron chi connectivity index (χ1n) is 11.1. The molecule has 0 aromatic rings. The zero-order valence-corrected chi connectivity index (χ0v) is 17.9. The Morgan fingerprint density at radius 3 is 2.68 bits per heavy atom. The molecule has 1 atom stereocenters. The van der Waals surface area contributed by atoms with Gasteiger partial charge in [0.15, 0.2) is 0 Å². The standard InChI is InChI=1S/C21H31F3N4O3/c1-31-19(30)27-10-6-20(14-27)11-16(12-20)26-8-4-15(5-9-26)17-3-2-7-28(17)18(29)25-13-21(22,23)24/h4,16-17H,2-3,5-14H2,1H3,(H,25,29)/t16?,17-,20?/m0/s1. The van der Waals surface area contributed by atoms with Gasteiger partial charge in [0.25, 0.3) is 0 Å². The van der Waals surface area contributed by atoms with Crippen LogP contribution in [0.25, 0.3) is 0 Å². The molecule has 2 saturated heterocycles. The van der Waals surface area contributed by atoms with Crippen LogP contribution in [0.15, 0.2) is 11.6 Å². The van der Waals surface area contributed by atoms with Gasteiger partial charge in [0.1, 0.15) is 6.54 Å². The van der Waals surface area contributed by atoms with Crippen LogP contribution in [0.1, 0.15) is 38.5 Å². The molecule has 31 heavy (non-hydrogen) atoms. The average molecular weight is 444 g/mol. The molecule has 0 aromatic carbocycles. The lowest BCUT2D eigenvalue weighted by molar-refractivity contribution is -0.123. The van der Waals surface area contributed by atoms with Crippen LogP contribution < -0.4 is 5.32 Å². The van der Waals surface area contributed by atoms with Crippen molar-refractivity contribution in [2.24, 2.45) is 5.41 Å². The lowest BCUT2D eigenvalue weighted by atomic mass is 9.64. The Morgan fingerprint density at radius 2 is 2.03 bits per heavy atom. The second kappa shape index (κ2) is 8.52. The molecule has 1 aliphatic carbocycles. The van der Waals surface area contributed by atoms with E-state index in [0.29, 0.717) is 12.6 Å². The van der Waals surface area contributed by atoms with Crippen LogP contribution in [0.4, 0.5) is 22.8 Å². The number of ether oxygens (including phenoxy) is 1. The molecule has 0 radical (unpaired) electrons. The first-order valence-corrected chi connectivity index (χ1v) is 11.1. The molecule has 0 unspecified atom stereocenters. The zero-order valence-electron chi connectivity index (χ0n) is 17.9. The summed E-state index contributed by atoms with van der Waals surface area (Å²) in [7, 11) is 1.42. The Labute approximate surface area is 180 Å². The number of alkyl halides is 3. The average Bonchev–Trinajstić information content (AvgIpc) is 3.38. The van der Waals surface area contributed by atoms with Crippen molar-refractivity contribution >= 4 is 12.1 Å². The van der Waals surface area contributed by atoms with Crippen molar-refractivity contribution in [2.45, 2.75) is 56.8 Å². The summed E-state index contributed by atoms with van der Waals surface area (Å²) in [5.41, 5.74) is 1.39. The monoisotopic (exact) mass is 444 g/mol. The quantitative estimate of drug-likeness (QED) is 0.680. The third kappa shape index (κ3) is 4.78. The van der Waals surface area contributed by atoms with Crippen LogP contribution in [0.5, 0.6) is 0 Å². The molecule has 3 heterocycles. The summed E-state index contributed by atoms with van der Waals surface area (Å²) in [6.45, 7) is 2.45. The third-order valence-corrected chi connectivity index (χ3v) is 7.38. The molecule has 3 fully saturated rings. The maximum absolute atomic E-state index is 12.4. The van der Waals surface area contributed by atoms with Gasteiger partial charge in [-0.1, -0.05) is 6.08 Å². The summed E-state index contributed by atoms with van der Waals surface area (Å²) >= 11 is 0. The van der Waals surface area contributed by atoms with E-state index in [-0.39, 0.29) is 17.6 Å². The summed E-state index contributed by atoms with van der Waals surface area (Å²) in [6.07, 6.45) is 3.17. The Morgan fingerprint density at radius 1 is 1.26 bits per heavy atom. The van der Waals surface area contributed by atoms with Gasteiger partial charge in [-0.25, -0.2) is 9.59 Å². The lowest BCUT2D eigenvalue weighted by Crippen LogP contribution is -2.54. The number of carbonyl (C=O) groups excluding carboxylic acids is 2. The van der Waals surface area contributed by atoms with E-state index in [0.717, 1.165) is 64.7 Å². The molecule has 0 aromatic heterocycles. The highest BCUT2D eigenvalue weighted by Crippen LogP contribution is 2.50. The number of likely N-dealkylation sites (tertiary alicyclic amines) is 2. The number of rotatable bonds is 3. The highest BCUT2D eigenvalue weighted by Gasteiger charge is 2.51. The lowest BCUT2D eigenvalue weighted by Gasteiger charge is -2.51. The number of amides is 3. The van der Waals surface area contributed by atoms with Crippen LogP contribution in [0.3, 0.4) is 0 Å². The number of nitrogens with one attached hydrogen (secondary N) is 1. The van der Waals surface area contributed by atoms with E-state index in [4.69, 9.17) is 4.74 Å². The van der Waals surface area contributed by atoms with E-state index in [1.54, 1.807) is 9.80 Å². The first kappa shape index (κ1) is 22.2. The van der Waals surface area contributed by atoms with Gasteiger partial charge in [0, 0.05) is 38.8 Å². The highest BCUT2D eigenvalue weighted by atomic mass is 19.4. The number of hydrogen-bond acceptors (Lipinski definition) is 4. The van der Waals surface area contributed by atoms with Crippen LogP contribution in [-0.2, 0) is 4.74 Å². The van der Waals surface area contributed by atoms with Gasteiger partial charge in [-0.2, -0.15) is 13.2 Å². The summed E-state index contributed by atoms with van der Waals surface area (Å²) in [5, 5.41) is 2.01. The summed E-state index contributed by atoms with van der Waals surface area (Å²) in [5.74, 6) is 0. The van der Waals surface area contributed by atoms with Crippen LogP contribution in [0.2, 0.25) is 0 Å². The molecular formula is C21H31F3N4O3. The van der Waals surface area contributed by atoms with Crippen LogP contribution in [-0.4, -0.2) is 91.5 Å². The Bertz CT molecular complexity index is 736. The van der Waals surface area contributed by atoms with Crippen molar-refractivity contribution in [3.63, 3.8) is 0 Å². The van der Waals surface area contributed by atoms with Gasteiger partial charge in [0.05, 0.1) is 13.2 Å². The fourth-order valence-corrected chi connectivity index (χ4v) is 5.76. The predicted octanol–water partition coefficient (Wildman–Crippen LogP) is 2.98. The van der Waals surface area contributed by atoms with Crippen molar-refractivity contribution in [1.29, 1.82) is 0 Å². The number of hydrogen-bond donors (Lipinski definition) is 1. The molecule has 1 spiro atoms. The van der Waals surface area contributed by atoms with Crippen molar-refractivity contribution in [2.75, 3.05) is 46.4 Å². The molecular weight excluding hydrogens is 413 g/mol. The molecule has 10 heteroatoms. The minimum Gasteiger partial charge on any atom is -0.453 e. The van der Waals surface area contributed by atoms with Crippen molar-refractivity contribution in [3.05, 3.63) is 11.6 Å². The maximum atomic E-state index is 12.4. The summed E-state index contributed by atoms with van der Waals surface area (Å²) < 4.78 is 42.1. The van der Waals surface area contributed by atoms with E-state index < -0.39 is 18.8 Å². The van der Waals surface area contributed by atoms with E-state index >= 15 is 0 Å². The van der Waals surface area contributed by atoms with E-state index in [1.807, 2.05) is 5.32 Å².